The molecule has 3 rings (SSSR count). The molecule has 0 bridgehead atoms. The summed E-state index contributed by atoms with van der Waals surface area (Å²) in [5.74, 6) is -0.430. The van der Waals surface area contributed by atoms with E-state index < -0.39 is 23.9 Å². The Morgan fingerprint density at radius 1 is 1.14 bits per heavy atom. The smallest absolute Gasteiger partial charge is 0.334 e. The molecule has 0 N–H and O–H groups in total. The Labute approximate surface area is 127 Å². The third-order valence-corrected chi connectivity index (χ3v) is 3.55. The number of nitrogens with zero attached hydrogens (tertiary/aromatic N) is 2. The number of hydrogen-bond acceptors (Lipinski definition) is 5. The zero-order chi connectivity index (χ0) is 15.9. The maximum atomic E-state index is 12.2. The van der Waals surface area contributed by atoms with Gasteiger partial charge in [0.2, 0.25) is 0 Å². The van der Waals surface area contributed by atoms with E-state index in [-0.39, 0.29) is 19.2 Å². The molecule has 1 aromatic carbocycles. The van der Waals surface area contributed by atoms with Gasteiger partial charge in [0.25, 0.3) is 0 Å². The molecule has 0 radical (unpaired) electrons. The van der Waals surface area contributed by atoms with E-state index in [0.717, 1.165) is 9.80 Å². The molecule has 0 saturated carbocycles. The van der Waals surface area contributed by atoms with Crippen molar-refractivity contribution in [1.82, 2.24) is 9.80 Å². The van der Waals surface area contributed by atoms with E-state index in [1.165, 1.54) is 0 Å². The monoisotopic (exact) mass is 304 g/mol. The van der Waals surface area contributed by atoms with Crippen molar-refractivity contribution in [3.8, 4) is 11.5 Å². The van der Waals surface area contributed by atoms with Crippen molar-refractivity contribution in [2.45, 2.75) is 26.0 Å². The summed E-state index contributed by atoms with van der Waals surface area (Å²) in [6.45, 7) is 3.57. The van der Waals surface area contributed by atoms with Crippen LogP contribution in [0, 0.1) is 0 Å². The number of rotatable bonds is 3. The summed E-state index contributed by atoms with van der Waals surface area (Å²) >= 11 is 0. The van der Waals surface area contributed by atoms with Crippen LogP contribution in [0.3, 0.4) is 0 Å². The zero-order valence-corrected chi connectivity index (χ0v) is 12.3. The van der Waals surface area contributed by atoms with Crippen LogP contribution in [0.2, 0.25) is 0 Å². The fourth-order valence-electron chi connectivity index (χ4n) is 2.50. The van der Waals surface area contributed by atoms with E-state index in [1.807, 2.05) is 6.07 Å². The zero-order valence-electron chi connectivity index (χ0n) is 12.3. The molecule has 0 aliphatic carbocycles. The first-order valence-electron chi connectivity index (χ1n) is 7.06. The van der Waals surface area contributed by atoms with Crippen LogP contribution >= 0.6 is 0 Å². The predicted molar refractivity (Wildman–Crippen MR) is 75.4 cm³/mol. The molecule has 0 aromatic heterocycles. The molecule has 1 atom stereocenters. The average Bonchev–Trinajstić information content (AvgIpc) is 2.71. The normalized spacial score (nSPS) is 21.0. The Kier molecular flexibility index (Phi) is 3.48. The molecule has 22 heavy (non-hydrogen) atoms. The number of ether oxygens (including phenoxy) is 2. The first kappa shape index (κ1) is 14.4. The van der Waals surface area contributed by atoms with Gasteiger partial charge < -0.3 is 9.47 Å². The minimum Gasteiger partial charge on any atom is -0.486 e. The lowest BCUT2D eigenvalue weighted by Crippen LogP contribution is -2.44. The highest BCUT2D eigenvalue weighted by Crippen LogP contribution is 2.31. The highest BCUT2D eigenvalue weighted by molar-refractivity contribution is 6.44. The van der Waals surface area contributed by atoms with Gasteiger partial charge >= 0.3 is 17.8 Å². The van der Waals surface area contributed by atoms with Crippen molar-refractivity contribution in [3.63, 3.8) is 0 Å². The second-order valence-electron chi connectivity index (χ2n) is 5.46. The Morgan fingerprint density at radius 3 is 2.45 bits per heavy atom. The van der Waals surface area contributed by atoms with Crippen LogP contribution in [-0.2, 0) is 9.59 Å². The van der Waals surface area contributed by atoms with Gasteiger partial charge in [-0.25, -0.2) is 4.79 Å². The summed E-state index contributed by atoms with van der Waals surface area (Å²) < 4.78 is 11.3. The third-order valence-electron chi connectivity index (χ3n) is 3.55. The maximum absolute atomic E-state index is 12.2. The van der Waals surface area contributed by atoms with E-state index in [2.05, 4.69) is 0 Å². The van der Waals surface area contributed by atoms with Gasteiger partial charge in [-0.05, 0) is 26.0 Å². The molecule has 2 aliphatic rings. The lowest BCUT2D eigenvalue weighted by Gasteiger charge is -2.28. The van der Waals surface area contributed by atoms with Crippen LogP contribution in [0.5, 0.6) is 11.5 Å². The van der Waals surface area contributed by atoms with E-state index in [0.29, 0.717) is 11.5 Å². The van der Waals surface area contributed by atoms with E-state index >= 15 is 0 Å². The first-order chi connectivity index (χ1) is 10.5. The summed E-state index contributed by atoms with van der Waals surface area (Å²) in [5.41, 5.74) is 0. The van der Waals surface area contributed by atoms with Gasteiger partial charge in [0, 0.05) is 6.04 Å². The summed E-state index contributed by atoms with van der Waals surface area (Å²) in [6, 6.07) is 6.20. The molecule has 4 amide bonds. The molecular formula is C15H16N2O5. The van der Waals surface area contributed by atoms with Crippen molar-refractivity contribution in [2.24, 2.45) is 0 Å². The summed E-state index contributed by atoms with van der Waals surface area (Å²) in [4.78, 5) is 37.9. The predicted octanol–water partition coefficient (Wildman–Crippen LogP) is 1.03. The second-order valence-corrected chi connectivity index (χ2v) is 5.46. The Hall–Kier alpha value is -2.57. The SMILES string of the molecule is CC(C)N1C(=O)C(=O)N(C[C@H]2COc3ccccc3O2)C1=O. The number of hydrogen-bond donors (Lipinski definition) is 0. The van der Waals surface area contributed by atoms with Crippen molar-refractivity contribution >= 4 is 17.8 Å². The molecular weight excluding hydrogens is 288 g/mol. The topological polar surface area (TPSA) is 76.2 Å². The number of carbonyl (C=O) groups excluding carboxylic acids is 3. The van der Waals surface area contributed by atoms with Gasteiger partial charge in [-0.2, -0.15) is 0 Å². The number of amides is 4. The fourth-order valence-corrected chi connectivity index (χ4v) is 2.50. The quantitative estimate of drug-likeness (QED) is 0.615. The molecule has 116 valence electrons. The molecule has 1 fully saturated rings. The fraction of sp³-hybridized carbons (Fsp3) is 0.400. The van der Waals surface area contributed by atoms with Crippen molar-refractivity contribution in [2.75, 3.05) is 13.2 Å². The Morgan fingerprint density at radius 2 is 1.82 bits per heavy atom. The van der Waals surface area contributed by atoms with Gasteiger partial charge in [-0.15, -0.1) is 0 Å². The average molecular weight is 304 g/mol. The maximum Gasteiger partial charge on any atom is 0.334 e. The van der Waals surface area contributed by atoms with Crippen LogP contribution < -0.4 is 9.47 Å². The highest BCUT2D eigenvalue weighted by Gasteiger charge is 2.46. The lowest BCUT2D eigenvalue weighted by atomic mass is 10.2. The number of urea groups is 1. The van der Waals surface area contributed by atoms with E-state index in [4.69, 9.17) is 9.47 Å². The minimum atomic E-state index is -0.818. The van der Waals surface area contributed by atoms with Crippen LogP contribution in [0.25, 0.3) is 0 Å². The standard InChI is InChI=1S/C15H16N2O5/c1-9(2)17-14(19)13(18)16(15(17)20)7-10-8-21-11-5-3-4-6-12(11)22-10/h3-6,9-10H,7-8H2,1-2H3/t10-/m0/s1. The second kappa shape index (κ2) is 5.32. The third kappa shape index (κ3) is 2.28. The lowest BCUT2D eigenvalue weighted by molar-refractivity contribution is -0.144. The molecule has 1 saturated heterocycles. The van der Waals surface area contributed by atoms with Crippen molar-refractivity contribution < 1.29 is 23.9 Å². The first-order valence-corrected chi connectivity index (χ1v) is 7.06. The van der Waals surface area contributed by atoms with Gasteiger partial charge in [0.05, 0.1) is 6.54 Å². The van der Waals surface area contributed by atoms with Gasteiger partial charge in [-0.1, -0.05) is 12.1 Å². The number of imide groups is 2. The van der Waals surface area contributed by atoms with Crippen molar-refractivity contribution in [3.05, 3.63) is 24.3 Å². The van der Waals surface area contributed by atoms with Crippen LogP contribution in [0.1, 0.15) is 13.8 Å². The summed E-state index contributed by atoms with van der Waals surface area (Å²) in [6.07, 6.45) is -0.497. The Balaban J connectivity index is 1.73. The van der Waals surface area contributed by atoms with Gasteiger partial charge in [0.15, 0.2) is 17.6 Å². The van der Waals surface area contributed by atoms with E-state index in [1.54, 1.807) is 32.0 Å². The molecule has 2 aliphatic heterocycles. The molecule has 2 heterocycles. The molecule has 7 nitrogen and oxygen atoms in total. The summed E-state index contributed by atoms with van der Waals surface area (Å²) in [5, 5.41) is 0. The number of para-hydroxylation sites is 2. The molecule has 0 unspecified atom stereocenters. The number of carbonyl (C=O) groups is 3. The largest absolute Gasteiger partial charge is 0.486 e. The molecule has 7 heteroatoms. The van der Waals surface area contributed by atoms with Crippen LogP contribution in [0.4, 0.5) is 4.79 Å². The highest BCUT2D eigenvalue weighted by atomic mass is 16.6. The van der Waals surface area contributed by atoms with Crippen LogP contribution in [0.15, 0.2) is 24.3 Å². The van der Waals surface area contributed by atoms with Crippen LogP contribution in [-0.4, -0.2) is 52.9 Å². The van der Waals surface area contributed by atoms with E-state index in [9.17, 15) is 14.4 Å². The Bertz CT molecular complexity index is 643. The van der Waals surface area contributed by atoms with Gasteiger partial charge in [0.1, 0.15) is 6.61 Å². The molecule has 0 spiro atoms. The van der Waals surface area contributed by atoms with Gasteiger partial charge in [-0.3, -0.25) is 19.4 Å². The minimum absolute atomic E-state index is 0.0129. The molecule has 1 aromatic rings. The number of fused-ring (bicyclic) bond motifs is 1. The number of benzene rings is 1. The summed E-state index contributed by atoms with van der Waals surface area (Å²) in [7, 11) is 0. The van der Waals surface area contributed by atoms with Crippen molar-refractivity contribution in [1.29, 1.82) is 0 Å².